The number of aliphatic hydroxyl groups is 1. The Bertz CT molecular complexity index is 1350. The lowest BCUT2D eigenvalue weighted by molar-refractivity contribution is -0.328. The molecule has 2 aromatic rings. The van der Waals surface area contributed by atoms with Gasteiger partial charge < -0.3 is 38.3 Å². The number of hydrogen-bond donors (Lipinski definition) is 1. The molecule has 0 radical (unpaired) electrons. The smallest absolute Gasteiger partial charge is 0.169 e. The molecule has 0 unspecified atom stereocenters. The summed E-state index contributed by atoms with van der Waals surface area (Å²) in [7, 11) is 0. The molecule has 5 heterocycles. The standard InChI is InChI=1S/C41H56O8/c1-28-16-20-40(19-10-11-23-45-40)48-36(28)29(2)24-35(43-26-31-12-6-4-7-13-31)37-30(3)38(44-27-32-14-8-5-9-15-32)39-34(46-37)18-22-41(49-39)21-17-33(25-42)47-41/h4-9,12-15,28-29,33-39,42H,3,10-11,16-27H2,1-2H3/t28-,29+,33-,34-,35+,36+,37+,38-,39-,40+,41-/m1/s1. The SMILES string of the molecule is C=C1[C@@H](OCc2ccccc2)[C@@H]2O[C@]3(CC[C@H](CO)O3)CC[C@H]2O[C@@H]1[C@H](C[C@H](C)[C@H]1O[C@@]2(CCCCO2)CC[C@H]1C)OCc1ccccc1. The molecule has 268 valence electrons. The van der Waals surface area contributed by atoms with Crippen molar-refractivity contribution in [3.05, 3.63) is 83.9 Å². The molecule has 0 aromatic heterocycles. The largest absolute Gasteiger partial charge is 0.394 e. The molecule has 7 rings (SSSR count). The molecule has 2 spiro atoms. The molecule has 49 heavy (non-hydrogen) atoms. The van der Waals surface area contributed by atoms with Crippen molar-refractivity contribution in [2.24, 2.45) is 11.8 Å². The van der Waals surface area contributed by atoms with Crippen LogP contribution in [0.4, 0.5) is 0 Å². The van der Waals surface area contributed by atoms with Crippen LogP contribution in [0.25, 0.3) is 0 Å². The van der Waals surface area contributed by atoms with E-state index in [9.17, 15) is 5.11 Å². The zero-order chi connectivity index (χ0) is 33.8. The van der Waals surface area contributed by atoms with Crippen LogP contribution in [-0.2, 0) is 46.4 Å². The molecule has 5 aliphatic rings. The van der Waals surface area contributed by atoms with Crippen LogP contribution in [-0.4, -0.2) is 72.6 Å². The molecule has 0 bridgehead atoms. The van der Waals surface area contributed by atoms with E-state index in [-0.39, 0.29) is 49.1 Å². The van der Waals surface area contributed by atoms with E-state index in [1.54, 1.807) is 0 Å². The van der Waals surface area contributed by atoms with Gasteiger partial charge >= 0.3 is 0 Å². The van der Waals surface area contributed by atoms with Gasteiger partial charge in [0.25, 0.3) is 0 Å². The fourth-order valence-corrected chi connectivity index (χ4v) is 8.84. The lowest BCUT2D eigenvalue weighted by atomic mass is 9.79. The molecule has 0 aliphatic carbocycles. The van der Waals surface area contributed by atoms with Gasteiger partial charge in [-0.1, -0.05) is 81.1 Å². The lowest BCUT2D eigenvalue weighted by Gasteiger charge is -2.51. The maximum Gasteiger partial charge on any atom is 0.169 e. The Morgan fingerprint density at radius 3 is 2.27 bits per heavy atom. The van der Waals surface area contributed by atoms with Crippen LogP contribution in [0.3, 0.4) is 0 Å². The molecule has 0 amide bonds. The number of ether oxygens (including phenoxy) is 7. The third-order valence-electron chi connectivity index (χ3n) is 11.6. The highest BCUT2D eigenvalue weighted by Crippen LogP contribution is 2.47. The van der Waals surface area contributed by atoms with Crippen molar-refractivity contribution in [1.82, 2.24) is 0 Å². The van der Waals surface area contributed by atoms with Crippen molar-refractivity contribution in [3.8, 4) is 0 Å². The minimum atomic E-state index is -0.733. The van der Waals surface area contributed by atoms with E-state index in [2.05, 4.69) is 44.7 Å². The number of fused-ring (bicyclic) bond motifs is 1. The minimum Gasteiger partial charge on any atom is -0.394 e. The Morgan fingerprint density at radius 1 is 0.857 bits per heavy atom. The first-order valence-corrected chi connectivity index (χ1v) is 18.8. The van der Waals surface area contributed by atoms with Crippen LogP contribution in [0.1, 0.15) is 89.2 Å². The van der Waals surface area contributed by atoms with Gasteiger partial charge in [-0.2, -0.15) is 0 Å². The number of aliphatic hydroxyl groups excluding tert-OH is 1. The van der Waals surface area contributed by atoms with E-state index >= 15 is 0 Å². The zero-order valence-electron chi connectivity index (χ0n) is 29.4. The zero-order valence-corrected chi connectivity index (χ0v) is 29.4. The second kappa shape index (κ2) is 15.6. The summed E-state index contributed by atoms with van der Waals surface area (Å²) in [6.45, 7) is 10.9. The molecule has 8 heteroatoms. The second-order valence-electron chi connectivity index (χ2n) is 15.2. The summed E-state index contributed by atoms with van der Waals surface area (Å²) in [6.07, 6.45) is 7.19. The summed E-state index contributed by atoms with van der Waals surface area (Å²) in [4.78, 5) is 0. The van der Waals surface area contributed by atoms with E-state index in [0.29, 0.717) is 25.6 Å². The Hall–Kier alpha value is -2.14. The first kappa shape index (κ1) is 35.3. The summed E-state index contributed by atoms with van der Waals surface area (Å²) < 4.78 is 47.0. The normalized spacial score (nSPS) is 37.6. The third-order valence-corrected chi connectivity index (χ3v) is 11.6. The Morgan fingerprint density at radius 2 is 1.57 bits per heavy atom. The van der Waals surface area contributed by atoms with Crippen molar-refractivity contribution in [2.45, 2.75) is 146 Å². The van der Waals surface area contributed by atoms with Crippen molar-refractivity contribution in [3.63, 3.8) is 0 Å². The second-order valence-corrected chi connectivity index (χ2v) is 15.2. The fourth-order valence-electron chi connectivity index (χ4n) is 8.84. The van der Waals surface area contributed by atoms with E-state index in [0.717, 1.165) is 81.1 Å². The van der Waals surface area contributed by atoms with Gasteiger partial charge in [-0.25, -0.2) is 0 Å². The third kappa shape index (κ3) is 8.02. The van der Waals surface area contributed by atoms with Crippen LogP contribution in [0.15, 0.2) is 72.8 Å². The van der Waals surface area contributed by atoms with Crippen molar-refractivity contribution in [1.29, 1.82) is 0 Å². The highest BCUT2D eigenvalue weighted by molar-refractivity contribution is 5.21. The molecule has 5 saturated heterocycles. The molecule has 8 nitrogen and oxygen atoms in total. The summed E-state index contributed by atoms with van der Waals surface area (Å²) in [5, 5.41) is 9.83. The summed E-state index contributed by atoms with van der Waals surface area (Å²) in [6, 6.07) is 20.6. The van der Waals surface area contributed by atoms with Crippen LogP contribution in [0.5, 0.6) is 0 Å². The average Bonchev–Trinajstić information content (AvgIpc) is 3.54. The summed E-state index contributed by atoms with van der Waals surface area (Å²) >= 11 is 0. The van der Waals surface area contributed by atoms with Gasteiger partial charge in [0.1, 0.15) is 18.3 Å². The Balaban J connectivity index is 1.14. The van der Waals surface area contributed by atoms with Crippen molar-refractivity contribution < 1.29 is 38.3 Å². The topological polar surface area (TPSA) is 84.8 Å². The van der Waals surface area contributed by atoms with Crippen LogP contribution >= 0.6 is 0 Å². The number of hydrogen-bond acceptors (Lipinski definition) is 8. The molecule has 5 aliphatic heterocycles. The maximum atomic E-state index is 9.83. The van der Waals surface area contributed by atoms with Crippen LogP contribution < -0.4 is 0 Å². The van der Waals surface area contributed by atoms with Crippen LogP contribution in [0, 0.1) is 11.8 Å². The van der Waals surface area contributed by atoms with Gasteiger partial charge in [0.05, 0.1) is 50.8 Å². The van der Waals surface area contributed by atoms with E-state index < -0.39 is 17.7 Å². The maximum absolute atomic E-state index is 9.83. The molecule has 11 atom stereocenters. The van der Waals surface area contributed by atoms with Gasteiger partial charge in [0.15, 0.2) is 11.6 Å². The van der Waals surface area contributed by atoms with Crippen molar-refractivity contribution >= 4 is 0 Å². The monoisotopic (exact) mass is 676 g/mol. The average molecular weight is 677 g/mol. The van der Waals surface area contributed by atoms with Gasteiger partial charge in [-0.05, 0) is 67.1 Å². The van der Waals surface area contributed by atoms with Gasteiger partial charge in [0.2, 0.25) is 0 Å². The van der Waals surface area contributed by atoms with Crippen molar-refractivity contribution in [2.75, 3.05) is 13.2 Å². The quantitative estimate of drug-likeness (QED) is 0.249. The lowest BCUT2D eigenvalue weighted by Crippen LogP contribution is -2.61. The molecule has 2 aromatic carbocycles. The molecule has 5 fully saturated rings. The van der Waals surface area contributed by atoms with Gasteiger partial charge in [0, 0.05) is 25.7 Å². The van der Waals surface area contributed by atoms with Crippen LogP contribution in [0.2, 0.25) is 0 Å². The first-order chi connectivity index (χ1) is 23.9. The Kier molecular flexibility index (Phi) is 11.2. The fraction of sp³-hybridized carbons (Fsp3) is 0.659. The highest BCUT2D eigenvalue weighted by atomic mass is 16.7. The van der Waals surface area contributed by atoms with E-state index in [1.165, 1.54) is 0 Å². The molecule has 0 saturated carbocycles. The van der Waals surface area contributed by atoms with Gasteiger partial charge in [-0.15, -0.1) is 0 Å². The Labute approximate surface area is 292 Å². The molecular weight excluding hydrogens is 620 g/mol. The van der Waals surface area contributed by atoms with E-state index in [4.69, 9.17) is 33.2 Å². The number of benzene rings is 2. The predicted octanol–water partition coefficient (Wildman–Crippen LogP) is 7.27. The van der Waals surface area contributed by atoms with E-state index in [1.807, 2.05) is 36.4 Å². The minimum absolute atomic E-state index is 0.00634. The summed E-state index contributed by atoms with van der Waals surface area (Å²) in [5.74, 6) is -0.571. The highest BCUT2D eigenvalue weighted by Gasteiger charge is 2.55. The summed E-state index contributed by atoms with van der Waals surface area (Å²) in [5.41, 5.74) is 3.04. The molecular formula is C41H56O8. The number of rotatable bonds is 11. The first-order valence-electron chi connectivity index (χ1n) is 18.8. The predicted molar refractivity (Wildman–Crippen MR) is 185 cm³/mol. The molecule has 1 N–H and O–H groups in total. The van der Waals surface area contributed by atoms with Gasteiger partial charge in [-0.3, -0.25) is 0 Å².